The molecule has 0 heterocycles. The summed E-state index contributed by atoms with van der Waals surface area (Å²) in [6.07, 6.45) is 0.931. The number of nitrogens with one attached hydrogen (secondary N) is 1. The molecule has 1 aromatic carbocycles. The van der Waals surface area contributed by atoms with Gasteiger partial charge in [0, 0.05) is 24.7 Å². The van der Waals surface area contributed by atoms with Crippen LogP contribution in [0.2, 0.25) is 0 Å². The highest BCUT2D eigenvalue weighted by Gasteiger charge is 2.39. The van der Waals surface area contributed by atoms with Crippen LogP contribution in [0.5, 0.6) is 0 Å². The second-order valence-corrected chi connectivity index (χ2v) is 7.36. The maximum atomic E-state index is 12.3. The molecule has 0 saturated heterocycles. The quantitative estimate of drug-likeness (QED) is 0.877. The molecule has 5 nitrogen and oxygen atoms in total. The third kappa shape index (κ3) is 3.44. The lowest BCUT2D eigenvalue weighted by Crippen LogP contribution is -2.30. The molecule has 1 aromatic rings. The minimum absolute atomic E-state index is 0.0156. The van der Waals surface area contributed by atoms with Gasteiger partial charge in [0.1, 0.15) is 0 Å². The Kier molecular flexibility index (Phi) is 4.68. The largest absolute Gasteiger partial charge is 0.326 e. The maximum Gasteiger partial charge on any atom is 0.243 e. The first-order valence-corrected chi connectivity index (χ1v) is 8.75. The van der Waals surface area contributed by atoms with E-state index in [0.717, 1.165) is 6.42 Å². The standard InChI is InChI=1S/C15H22N2O3S/c1-4-17(5-2)21(19,20)13-8-6-12(7-9-13)16-15(18)14-10-11(14)3/h6-9,11,14H,4-5,10H2,1-3H3,(H,16,18). The number of amides is 1. The van der Waals surface area contributed by atoms with Crippen LogP contribution < -0.4 is 5.32 Å². The third-order valence-electron chi connectivity index (χ3n) is 3.91. The van der Waals surface area contributed by atoms with E-state index in [2.05, 4.69) is 5.32 Å². The van der Waals surface area contributed by atoms with E-state index in [1.807, 2.05) is 20.8 Å². The van der Waals surface area contributed by atoms with Gasteiger partial charge in [0.25, 0.3) is 0 Å². The number of sulfonamides is 1. The van der Waals surface area contributed by atoms with E-state index < -0.39 is 10.0 Å². The van der Waals surface area contributed by atoms with Crippen LogP contribution in [0.1, 0.15) is 27.2 Å². The van der Waals surface area contributed by atoms with Crippen molar-refractivity contribution in [3.05, 3.63) is 24.3 Å². The Morgan fingerprint density at radius 3 is 2.19 bits per heavy atom. The van der Waals surface area contributed by atoms with Crippen molar-refractivity contribution >= 4 is 21.6 Å². The molecular weight excluding hydrogens is 288 g/mol. The molecule has 116 valence electrons. The minimum Gasteiger partial charge on any atom is -0.326 e. The predicted molar refractivity (Wildman–Crippen MR) is 82.4 cm³/mol. The Morgan fingerprint density at radius 1 is 1.24 bits per heavy atom. The van der Waals surface area contributed by atoms with Crippen LogP contribution in [0.15, 0.2) is 29.2 Å². The summed E-state index contributed by atoms with van der Waals surface area (Å²) in [5, 5.41) is 2.82. The summed E-state index contributed by atoms with van der Waals surface area (Å²) in [7, 11) is -3.44. The van der Waals surface area contributed by atoms with Crippen molar-refractivity contribution in [2.24, 2.45) is 11.8 Å². The number of benzene rings is 1. The van der Waals surface area contributed by atoms with E-state index in [-0.39, 0.29) is 16.7 Å². The van der Waals surface area contributed by atoms with Crippen molar-refractivity contribution in [1.82, 2.24) is 4.31 Å². The Balaban J connectivity index is 2.10. The normalized spacial score (nSPS) is 21.3. The Labute approximate surface area is 126 Å². The molecule has 2 atom stereocenters. The maximum absolute atomic E-state index is 12.3. The van der Waals surface area contributed by atoms with Crippen molar-refractivity contribution in [3.8, 4) is 0 Å². The molecule has 0 radical (unpaired) electrons. The van der Waals surface area contributed by atoms with Gasteiger partial charge in [0.05, 0.1) is 4.90 Å². The first-order chi connectivity index (χ1) is 9.90. The van der Waals surface area contributed by atoms with Crippen LogP contribution in [0.4, 0.5) is 5.69 Å². The summed E-state index contributed by atoms with van der Waals surface area (Å²) < 4.78 is 26.1. The smallest absolute Gasteiger partial charge is 0.243 e. The zero-order valence-corrected chi connectivity index (χ0v) is 13.5. The molecule has 21 heavy (non-hydrogen) atoms. The summed E-state index contributed by atoms with van der Waals surface area (Å²) in [6, 6.07) is 6.36. The molecular formula is C15H22N2O3S. The van der Waals surface area contributed by atoms with Gasteiger partial charge in [0.2, 0.25) is 15.9 Å². The number of hydrogen-bond donors (Lipinski definition) is 1. The summed E-state index contributed by atoms with van der Waals surface area (Å²) in [5.74, 6) is 0.568. The van der Waals surface area contributed by atoms with E-state index in [1.54, 1.807) is 24.3 Å². The summed E-state index contributed by atoms with van der Waals surface area (Å²) >= 11 is 0. The van der Waals surface area contributed by atoms with Crippen LogP contribution in [0.25, 0.3) is 0 Å². The lowest BCUT2D eigenvalue weighted by molar-refractivity contribution is -0.117. The number of hydrogen-bond acceptors (Lipinski definition) is 3. The van der Waals surface area contributed by atoms with Crippen LogP contribution in [0, 0.1) is 11.8 Å². The Morgan fingerprint density at radius 2 is 1.76 bits per heavy atom. The number of anilines is 1. The zero-order valence-electron chi connectivity index (χ0n) is 12.7. The van der Waals surface area contributed by atoms with Gasteiger partial charge in [-0.25, -0.2) is 8.42 Å². The molecule has 0 spiro atoms. The minimum atomic E-state index is -3.44. The van der Waals surface area contributed by atoms with E-state index >= 15 is 0 Å². The van der Waals surface area contributed by atoms with E-state index in [9.17, 15) is 13.2 Å². The first kappa shape index (κ1) is 16.0. The Bertz CT molecular complexity index is 606. The molecule has 0 aliphatic heterocycles. The lowest BCUT2D eigenvalue weighted by Gasteiger charge is -2.18. The first-order valence-electron chi connectivity index (χ1n) is 7.31. The van der Waals surface area contributed by atoms with Crippen molar-refractivity contribution in [3.63, 3.8) is 0 Å². The highest BCUT2D eigenvalue weighted by molar-refractivity contribution is 7.89. The molecule has 1 amide bonds. The number of carbonyl (C=O) groups is 1. The van der Waals surface area contributed by atoms with Crippen molar-refractivity contribution < 1.29 is 13.2 Å². The SMILES string of the molecule is CCN(CC)S(=O)(=O)c1ccc(NC(=O)C2CC2C)cc1. The molecule has 2 rings (SSSR count). The fourth-order valence-electron chi connectivity index (χ4n) is 2.35. The van der Waals surface area contributed by atoms with Crippen molar-refractivity contribution in [2.45, 2.75) is 32.1 Å². The summed E-state index contributed by atoms with van der Waals surface area (Å²) in [6.45, 7) is 6.55. The predicted octanol–water partition coefficient (Wildman–Crippen LogP) is 2.31. The molecule has 0 aromatic heterocycles. The lowest BCUT2D eigenvalue weighted by atomic mass is 10.3. The second kappa shape index (κ2) is 6.15. The van der Waals surface area contributed by atoms with Gasteiger partial charge in [-0.05, 0) is 36.6 Å². The van der Waals surface area contributed by atoms with Crippen LogP contribution >= 0.6 is 0 Å². The molecule has 0 bridgehead atoms. The van der Waals surface area contributed by atoms with E-state index in [1.165, 1.54) is 4.31 Å². The molecule has 1 aliphatic rings. The Hall–Kier alpha value is -1.40. The number of nitrogens with zero attached hydrogens (tertiary/aromatic N) is 1. The monoisotopic (exact) mass is 310 g/mol. The fraction of sp³-hybridized carbons (Fsp3) is 0.533. The highest BCUT2D eigenvalue weighted by Crippen LogP contribution is 2.38. The topological polar surface area (TPSA) is 66.5 Å². The molecule has 6 heteroatoms. The van der Waals surface area contributed by atoms with Gasteiger partial charge in [-0.2, -0.15) is 4.31 Å². The number of rotatable bonds is 6. The second-order valence-electron chi connectivity index (χ2n) is 5.42. The van der Waals surface area contributed by atoms with Crippen LogP contribution in [0.3, 0.4) is 0 Å². The van der Waals surface area contributed by atoms with Crippen LogP contribution in [-0.4, -0.2) is 31.7 Å². The average Bonchev–Trinajstić information content (AvgIpc) is 3.18. The van der Waals surface area contributed by atoms with Gasteiger partial charge in [-0.15, -0.1) is 0 Å². The van der Waals surface area contributed by atoms with Crippen molar-refractivity contribution in [1.29, 1.82) is 0 Å². The molecule has 1 aliphatic carbocycles. The van der Waals surface area contributed by atoms with Gasteiger partial charge in [-0.1, -0.05) is 20.8 Å². The third-order valence-corrected chi connectivity index (χ3v) is 5.98. The summed E-state index contributed by atoms with van der Waals surface area (Å²) in [4.78, 5) is 12.1. The molecule has 1 N–H and O–H groups in total. The zero-order chi connectivity index (χ0) is 15.6. The summed E-state index contributed by atoms with van der Waals surface area (Å²) in [5.41, 5.74) is 0.637. The van der Waals surface area contributed by atoms with Gasteiger partial charge >= 0.3 is 0 Å². The van der Waals surface area contributed by atoms with Gasteiger partial charge in [0.15, 0.2) is 0 Å². The van der Waals surface area contributed by atoms with Crippen LogP contribution in [-0.2, 0) is 14.8 Å². The van der Waals surface area contributed by atoms with Crippen molar-refractivity contribution in [2.75, 3.05) is 18.4 Å². The highest BCUT2D eigenvalue weighted by atomic mass is 32.2. The molecule has 1 saturated carbocycles. The van der Waals surface area contributed by atoms with E-state index in [0.29, 0.717) is 24.7 Å². The molecule has 1 fully saturated rings. The average molecular weight is 310 g/mol. The molecule has 2 unspecified atom stereocenters. The fourth-order valence-corrected chi connectivity index (χ4v) is 3.80. The van der Waals surface area contributed by atoms with Gasteiger partial charge in [-0.3, -0.25) is 4.79 Å². The number of carbonyl (C=O) groups excluding carboxylic acids is 1. The van der Waals surface area contributed by atoms with E-state index in [4.69, 9.17) is 0 Å². The van der Waals surface area contributed by atoms with Gasteiger partial charge < -0.3 is 5.32 Å².